The molecule has 0 saturated heterocycles. The molecule has 2 aliphatic heterocycles. The van der Waals surface area contributed by atoms with E-state index in [1.54, 1.807) is 0 Å². The van der Waals surface area contributed by atoms with Crippen LogP contribution in [-0.4, -0.2) is 11.3 Å². The summed E-state index contributed by atoms with van der Waals surface area (Å²) in [5.41, 5.74) is 19.0. The van der Waals surface area contributed by atoms with Crippen LogP contribution in [0, 0.1) is 0 Å². The van der Waals surface area contributed by atoms with Gasteiger partial charge in [-0.05, 0) is 90.7 Å². The second-order valence-electron chi connectivity index (χ2n) is 15.2. The Balaban J connectivity index is 1.21. The van der Waals surface area contributed by atoms with E-state index in [0.29, 0.717) is 0 Å². The lowest BCUT2D eigenvalue weighted by Gasteiger charge is -2.35. The van der Waals surface area contributed by atoms with Gasteiger partial charge in [0.15, 0.2) is 0 Å². The molecule has 0 radical (unpaired) electrons. The number of hydrogen-bond donors (Lipinski definition) is 0. The molecule has 2 aliphatic rings. The summed E-state index contributed by atoms with van der Waals surface area (Å²) in [7, 11) is 0. The van der Waals surface area contributed by atoms with Crippen LogP contribution in [0.1, 0.15) is 0 Å². The molecule has 10 aromatic rings. The van der Waals surface area contributed by atoms with E-state index in [1.807, 2.05) is 0 Å². The fourth-order valence-electron chi connectivity index (χ4n) is 9.61. The number of para-hydroxylation sites is 2. The van der Waals surface area contributed by atoms with Crippen LogP contribution in [0.5, 0.6) is 11.5 Å². The number of nitrogens with zero attached hydrogens (tertiary/aromatic N) is 1. The minimum Gasteiger partial charge on any atom is -0.458 e. The molecule has 0 amide bonds. The second-order valence-corrected chi connectivity index (χ2v) is 15.2. The molecule has 0 bridgehead atoms. The average molecular weight is 724 g/mol. The van der Waals surface area contributed by atoms with Crippen molar-refractivity contribution in [3.8, 4) is 72.8 Å². The summed E-state index contributed by atoms with van der Waals surface area (Å²) >= 11 is 0. The summed E-state index contributed by atoms with van der Waals surface area (Å²) in [5.74, 6) is 1.81. The zero-order valence-electron chi connectivity index (χ0n) is 31.1. The minimum absolute atomic E-state index is 0.0597. The third kappa shape index (κ3) is 4.86. The Morgan fingerprint density at radius 1 is 0.368 bits per heavy atom. The van der Waals surface area contributed by atoms with Gasteiger partial charge in [-0.15, -0.1) is 0 Å². The zero-order chi connectivity index (χ0) is 37.5. The number of ether oxygens (including phenoxy) is 1. The van der Waals surface area contributed by atoms with Crippen LogP contribution >= 0.6 is 0 Å². The van der Waals surface area contributed by atoms with Crippen LogP contribution in [0.3, 0.4) is 0 Å². The summed E-state index contributed by atoms with van der Waals surface area (Å²) in [4.78, 5) is 0. The number of fused-ring (bicyclic) bond motifs is 7. The monoisotopic (exact) mass is 723 g/mol. The second kappa shape index (κ2) is 12.6. The molecule has 0 fully saturated rings. The molecular weight excluding hydrogens is 689 g/mol. The third-order valence-electron chi connectivity index (χ3n) is 12.1. The summed E-state index contributed by atoms with van der Waals surface area (Å²) in [6.07, 6.45) is 0. The van der Waals surface area contributed by atoms with Crippen LogP contribution in [0.2, 0.25) is 0 Å². The van der Waals surface area contributed by atoms with Crippen molar-refractivity contribution in [2.24, 2.45) is 0 Å². The Morgan fingerprint density at radius 3 is 1.63 bits per heavy atom. The van der Waals surface area contributed by atoms with E-state index in [1.165, 1.54) is 77.3 Å². The number of benzene rings is 9. The van der Waals surface area contributed by atoms with Crippen LogP contribution in [-0.2, 0) is 0 Å². The van der Waals surface area contributed by atoms with Gasteiger partial charge in [-0.1, -0.05) is 182 Å². The van der Waals surface area contributed by atoms with Gasteiger partial charge < -0.3 is 9.30 Å². The van der Waals surface area contributed by atoms with Crippen LogP contribution in [0.4, 0.5) is 0 Å². The van der Waals surface area contributed by atoms with Crippen molar-refractivity contribution in [2.75, 3.05) is 0 Å². The molecule has 0 spiro atoms. The lowest BCUT2D eigenvalue weighted by atomic mass is 9.34. The maximum Gasteiger partial charge on any atom is 0.256 e. The quantitative estimate of drug-likeness (QED) is 0.161. The van der Waals surface area contributed by atoms with E-state index < -0.39 is 0 Å². The van der Waals surface area contributed by atoms with Gasteiger partial charge in [-0.2, -0.15) is 0 Å². The first kappa shape index (κ1) is 31.9. The van der Waals surface area contributed by atoms with Crippen molar-refractivity contribution in [3.05, 3.63) is 206 Å². The molecule has 57 heavy (non-hydrogen) atoms. The predicted molar refractivity (Wildman–Crippen MR) is 239 cm³/mol. The maximum absolute atomic E-state index is 7.45. The average Bonchev–Trinajstić information content (AvgIpc) is 3.63. The Bertz CT molecular complexity index is 3200. The smallest absolute Gasteiger partial charge is 0.256 e. The van der Waals surface area contributed by atoms with Gasteiger partial charge in [-0.25, -0.2) is 0 Å². The summed E-state index contributed by atoms with van der Waals surface area (Å²) in [6, 6.07) is 75.0. The van der Waals surface area contributed by atoms with Gasteiger partial charge in [0, 0.05) is 27.5 Å². The Morgan fingerprint density at radius 2 is 0.930 bits per heavy atom. The first-order valence-electron chi connectivity index (χ1n) is 19.7. The van der Waals surface area contributed by atoms with Gasteiger partial charge in [0.1, 0.15) is 11.5 Å². The summed E-state index contributed by atoms with van der Waals surface area (Å²) < 4.78 is 9.95. The topological polar surface area (TPSA) is 14.2 Å². The first-order valence-corrected chi connectivity index (χ1v) is 19.7. The highest BCUT2D eigenvalue weighted by molar-refractivity contribution is 6.99. The molecule has 0 N–H and O–H groups in total. The van der Waals surface area contributed by atoms with E-state index in [0.717, 1.165) is 33.8 Å². The highest BCUT2D eigenvalue weighted by Crippen LogP contribution is 2.46. The van der Waals surface area contributed by atoms with Crippen LogP contribution < -0.4 is 21.1 Å². The normalized spacial score (nSPS) is 12.3. The molecule has 264 valence electrons. The van der Waals surface area contributed by atoms with Gasteiger partial charge in [0.2, 0.25) is 0 Å². The zero-order valence-corrected chi connectivity index (χ0v) is 31.1. The molecule has 1 aromatic heterocycles. The molecule has 0 unspecified atom stereocenters. The van der Waals surface area contributed by atoms with Crippen molar-refractivity contribution in [2.45, 2.75) is 0 Å². The number of rotatable bonds is 5. The van der Waals surface area contributed by atoms with Gasteiger partial charge >= 0.3 is 0 Å². The molecule has 3 heterocycles. The van der Waals surface area contributed by atoms with Crippen molar-refractivity contribution in [1.29, 1.82) is 0 Å². The van der Waals surface area contributed by atoms with Gasteiger partial charge in [0.25, 0.3) is 6.71 Å². The molecule has 0 atom stereocenters. The summed E-state index contributed by atoms with van der Waals surface area (Å²) in [5, 5.41) is 2.53. The lowest BCUT2D eigenvalue weighted by molar-refractivity contribution is 0.489. The molecule has 12 rings (SSSR count). The van der Waals surface area contributed by atoms with E-state index in [-0.39, 0.29) is 6.71 Å². The third-order valence-corrected chi connectivity index (χ3v) is 12.1. The summed E-state index contributed by atoms with van der Waals surface area (Å²) in [6.45, 7) is -0.0597. The first-order chi connectivity index (χ1) is 28.3. The van der Waals surface area contributed by atoms with E-state index in [4.69, 9.17) is 4.74 Å². The van der Waals surface area contributed by atoms with E-state index >= 15 is 0 Å². The fourth-order valence-corrected chi connectivity index (χ4v) is 9.61. The largest absolute Gasteiger partial charge is 0.458 e. The van der Waals surface area contributed by atoms with Crippen molar-refractivity contribution < 1.29 is 4.74 Å². The van der Waals surface area contributed by atoms with E-state index in [2.05, 4.69) is 211 Å². The minimum atomic E-state index is -0.0597. The van der Waals surface area contributed by atoms with Crippen LogP contribution in [0.15, 0.2) is 206 Å². The van der Waals surface area contributed by atoms with Crippen molar-refractivity contribution in [3.63, 3.8) is 0 Å². The fraction of sp³-hybridized carbons (Fsp3) is 0. The molecular formula is C54H34BNO. The van der Waals surface area contributed by atoms with Crippen LogP contribution in [0.25, 0.3) is 83.1 Å². The van der Waals surface area contributed by atoms with Crippen molar-refractivity contribution >= 4 is 44.9 Å². The highest BCUT2D eigenvalue weighted by Gasteiger charge is 2.42. The van der Waals surface area contributed by atoms with E-state index in [9.17, 15) is 0 Å². The molecule has 0 aliphatic carbocycles. The Labute approximate surface area is 332 Å². The van der Waals surface area contributed by atoms with Gasteiger partial charge in [0.05, 0.1) is 5.52 Å². The Hall–Kier alpha value is -7.36. The highest BCUT2D eigenvalue weighted by atomic mass is 16.5. The lowest BCUT2D eigenvalue weighted by Crippen LogP contribution is -2.58. The van der Waals surface area contributed by atoms with Gasteiger partial charge in [-0.3, -0.25) is 0 Å². The SMILES string of the molecule is c1ccc(-c2cc3c4c(c2)-n2c5ccccc5c5cccc(c52)B4c2cc(-c4ccccc4-c4ccccc4)cc(-c4ccccc4-c4ccccc4)c2O3)cc1. The standard InChI is InChI=1S/C54H34BNO/c1-4-17-35(18-5-1)38-33-50-52-51(34-38)57-54-46(43-26-13-12-24-41(43)37-21-8-3-9-22-37)31-39(42-25-11-10-23-40(42)36-19-6-2-7-20-36)32-48(54)55(52)47-29-16-28-45-44-27-14-15-30-49(44)56(50)53(45)47/h1-34H. The van der Waals surface area contributed by atoms with Crippen molar-refractivity contribution in [1.82, 2.24) is 4.57 Å². The molecule has 3 heteroatoms. The Kier molecular flexibility index (Phi) is 7.06. The molecule has 0 saturated carbocycles. The molecule has 9 aromatic carbocycles. The maximum atomic E-state index is 7.45. The predicted octanol–water partition coefficient (Wildman–Crippen LogP) is 12.1. The number of hydrogen-bond acceptors (Lipinski definition) is 1. The molecule has 2 nitrogen and oxygen atoms in total. The number of aromatic nitrogens is 1.